The lowest BCUT2D eigenvalue weighted by Crippen LogP contribution is -2.25. The fourth-order valence-electron chi connectivity index (χ4n) is 1.42. The van der Waals surface area contributed by atoms with Gasteiger partial charge in [-0.25, -0.2) is 15.2 Å². The summed E-state index contributed by atoms with van der Waals surface area (Å²) in [5, 5.41) is 16.8. The molecule has 0 radical (unpaired) electrons. The van der Waals surface area contributed by atoms with Crippen molar-refractivity contribution in [3.63, 3.8) is 0 Å². The fraction of sp³-hybridized carbons (Fsp3) is 0.0833. The number of anilines is 1. The molecule has 0 saturated carbocycles. The topological polar surface area (TPSA) is 110 Å². The first-order valence-electron chi connectivity index (χ1n) is 5.93. The summed E-state index contributed by atoms with van der Waals surface area (Å²) in [4.78, 5) is 25.3. The number of nitro groups is 1. The number of hydrazone groups is 1. The lowest BCUT2D eigenvalue weighted by Gasteiger charge is -2.03. The number of aromatic nitrogens is 1. The SMILES string of the molecule is C/C(=N\NC(=O)Nc1ncc([N+](=O)[O-])s1)c1ccc(Br)cc1. The summed E-state index contributed by atoms with van der Waals surface area (Å²) in [6, 6.07) is 6.81. The highest BCUT2D eigenvalue weighted by molar-refractivity contribution is 9.10. The molecule has 2 N–H and O–H groups in total. The lowest BCUT2D eigenvalue weighted by atomic mass is 10.1. The number of amides is 2. The second-order valence-electron chi connectivity index (χ2n) is 4.03. The van der Waals surface area contributed by atoms with Crippen LogP contribution in [0.25, 0.3) is 0 Å². The highest BCUT2D eigenvalue weighted by Crippen LogP contribution is 2.24. The van der Waals surface area contributed by atoms with E-state index in [1.54, 1.807) is 6.92 Å². The molecule has 0 aliphatic heterocycles. The van der Waals surface area contributed by atoms with Crippen LogP contribution in [-0.4, -0.2) is 21.7 Å². The minimum absolute atomic E-state index is 0.126. The predicted molar refractivity (Wildman–Crippen MR) is 87.3 cm³/mol. The van der Waals surface area contributed by atoms with Crippen LogP contribution in [-0.2, 0) is 0 Å². The number of carbonyl (C=O) groups excluding carboxylic acids is 1. The Morgan fingerprint density at radius 3 is 2.68 bits per heavy atom. The average Bonchev–Trinajstić information content (AvgIpc) is 2.94. The number of thiazole rings is 1. The molecule has 1 aromatic heterocycles. The summed E-state index contributed by atoms with van der Waals surface area (Å²) >= 11 is 4.10. The summed E-state index contributed by atoms with van der Waals surface area (Å²) in [7, 11) is 0. The average molecular weight is 384 g/mol. The molecule has 0 aliphatic rings. The molecule has 0 unspecified atom stereocenters. The van der Waals surface area contributed by atoms with Gasteiger partial charge in [0.05, 0.1) is 10.6 Å². The third-order valence-electron chi connectivity index (χ3n) is 2.48. The molecular formula is C12H10BrN5O3S. The molecule has 1 heterocycles. The van der Waals surface area contributed by atoms with Gasteiger partial charge in [0, 0.05) is 4.47 Å². The maximum atomic E-state index is 11.6. The molecule has 22 heavy (non-hydrogen) atoms. The second kappa shape index (κ2) is 7.09. The summed E-state index contributed by atoms with van der Waals surface area (Å²) in [6.07, 6.45) is 1.08. The molecule has 0 fully saturated rings. The van der Waals surface area contributed by atoms with Crippen molar-refractivity contribution in [3.8, 4) is 0 Å². The van der Waals surface area contributed by atoms with Gasteiger partial charge in [-0.15, -0.1) is 0 Å². The Morgan fingerprint density at radius 1 is 1.41 bits per heavy atom. The van der Waals surface area contributed by atoms with Crippen molar-refractivity contribution in [1.82, 2.24) is 10.4 Å². The van der Waals surface area contributed by atoms with Gasteiger partial charge in [0.1, 0.15) is 6.20 Å². The van der Waals surface area contributed by atoms with E-state index in [9.17, 15) is 14.9 Å². The number of benzene rings is 1. The van der Waals surface area contributed by atoms with Crippen LogP contribution in [0, 0.1) is 10.1 Å². The monoisotopic (exact) mass is 383 g/mol. The van der Waals surface area contributed by atoms with Crippen LogP contribution in [0.2, 0.25) is 0 Å². The largest absolute Gasteiger partial charge is 0.345 e. The van der Waals surface area contributed by atoms with Crippen LogP contribution >= 0.6 is 27.3 Å². The smallest absolute Gasteiger partial charge is 0.282 e. The number of hydrogen-bond donors (Lipinski definition) is 2. The van der Waals surface area contributed by atoms with E-state index in [4.69, 9.17) is 0 Å². The lowest BCUT2D eigenvalue weighted by molar-refractivity contribution is -0.380. The number of carbonyl (C=O) groups is 1. The van der Waals surface area contributed by atoms with Crippen LogP contribution in [0.3, 0.4) is 0 Å². The van der Waals surface area contributed by atoms with Crippen LogP contribution in [0.4, 0.5) is 14.9 Å². The summed E-state index contributed by atoms with van der Waals surface area (Å²) in [5.74, 6) is 0. The Labute approximate surface area is 137 Å². The van der Waals surface area contributed by atoms with E-state index < -0.39 is 11.0 Å². The zero-order valence-corrected chi connectivity index (χ0v) is 13.6. The number of hydrogen-bond acceptors (Lipinski definition) is 6. The van der Waals surface area contributed by atoms with Crippen molar-refractivity contribution in [2.45, 2.75) is 6.92 Å². The summed E-state index contributed by atoms with van der Waals surface area (Å²) < 4.78 is 0.945. The van der Waals surface area contributed by atoms with Crippen molar-refractivity contribution >= 4 is 49.1 Å². The molecule has 2 amide bonds. The number of halogens is 1. The van der Waals surface area contributed by atoms with Gasteiger partial charge in [-0.05, 0) is 36.0 Å². The van der Waals surface area contributed by atoms with Crippen LogP contribution in [0.5, 0.6) is 0 Å². The first-order valence-corrected chi connectivity index (χ1v) is 7.54. The molecule has 0 spiro atoms. The molecule has 1 aromatic carbocycles. The zero-order chi connectivity index (χ0) is 16.1. The molecule has 0 atom stereocenters. The Morgan fingerprint density at radius 2 is 2.09 bits per heavy atom. The first-order chi connectivity index (χ1) is 10.5. The van der Waals surface area contributed by atoms with E-state index in [1.165, 1.54) is 0 Å². The normalized spacial score (nSPS) is 11.1. The molecule has 2 aromatic rings. The predicted octanol–water partition coefficient (Wildman–Crippen LogP) is 3.36. The number of urea groups is 1. The summed E-state index contributed by atoms with van der Waals surface area (Å²) in [5.41, 5.74) is 3.78. The molecule has 10 heteroatoms. The van der Waals surface area contributed by atoms with Crippen molar-refractivity contribution in [3.05, 3.63) is 50.6 Å². The molecule has 8 nitrogen and oxygen atoms in total. The van der Waals surface area contributed by atoms with E-state index >= 15 is 0 Å². The van der Waals surface area contributed by atoms with Crippen LogP contribution < -0.4 is 10.7 Å². The Kier molecular flexibility index (Phi) is 5.17. The van der Waals surface area contributed by atoms with Crippen molar-refractivity contribution in [2.24, 2.45) is 5.10 Å². The molecular weight excluding hydrogens is 374 g/mol. The van der Waals surface area contributed by atoms with Crippen molar-refractivity contribution in [1.29, 1.82) is 0 Å². The van der Waals surface area contributed by atoms with E-state index in [2.05, 4.69) is 36.8 Å². The molecule has 0 saturated heterocycles. The first kappa shape index (κ1) is 16.0. The van der Waals surface area contributed by atoms with Gasteiger partial charge in [0.25, 0.3) is 0 Å². The number of rotatable bonds is 4. The maximum Gasteiger partial charge on any atom is 0.345 e. The Bertz CT molecular complexity index is 729. The minimum Gasteiger partial charge on any atom is -0.282 e. The van der Waals surface area contributed by atoms with Gasteiger partial charge in [0.15, 0.2) is 5.13 Å². The van der Waals surface area contributed by atoms with E-state index in [0.717, 1.165) is 27.6 Å². The van der Waals surface area contributed by atoms with Crippen molar-refractivity contribution in [2.75, 3.05) is 5.32 Å². The Hall–Kier alpha value is -2.33. The molecule has 0 bridgehead atoms. The van der Waals surface area contributed by atoms with Crippen LogP contribution in [0.1, 0.15) is 12.5 Å². The highest BCUT2D eigenvalue weighted by Gasteiger charge is 2.13. The van der Waals surface area contributed by atoms with Crippen LogP contribution in [0.15, 0.2) is 40.0 Å². The third-order valence-corrected chi connectivity index (χ3v) is 3.87. The third kappa shape index (κ3) is 4.33. The fourth-order valence-corrected chi connectivity index (χ4v) is 2.31. The standard InChI is InChI=1S/C12H10BrN5O3S/c1-7(8-2-4-9(13)5-3-8)16-17-11(19)15-12-14-6-10(22-12)18(20)21/h2-6H,1H3,(H2,14,15,17,19)/b16-7+. The zero-order valence-electron chi connectivity index (χ0n) is 11.2. The van der Waals surface area contributed by atoms with Gasteiger partial charge in [-0.3, -0.25) is 15.4 Å². The Balaban J connectivity index is 1.95. The number of nitrogens with zero attached hydrogens (tertiary/aromatic N) is 3. The van der Waals surface area contributed by atoms with E-state index in [1.807, 2.05) is 24.3 Å². The summed E-state index contributed by atoms with van der Waals surface area (Å²) in [6.45, 7) is 1.75. The van der Waals surface area contributed by atoms with Gasteiger partial charge in [-0.2, -0.15) is 5.10 Å². The number of nitrogens with one attached hydrogen (secondary N) is 2. The van der Waals surface area contributed by atoms with E-state index in [-0.39, 0.29) is 10.1 Å². The molecule has 114 valence electrons. The highest BCUT2D eigenvalue weighted by atomic mass is 79.9. The van der Waals surface area contributed by atoms with Gasteiger partial charge in [0.2, 0.25) is 0 Å². The van der Waals surface area contributed by atoms with Crippen molar-refractivity contribution < 1.29 is 9.72 Å². The molecule has 2 rings (SSSR count). The second-order valence-corrected chi connectivity index (χ2v) is 5.96. The van der Waals surface area contributed by atoms with Gasteiger partial charge >= 0.3 is 11.0 Å². The van der Waals surface area contributed by atoms with E-state index in [0.29, 0.717) is 5.71 Å². The minimum atomic E-state index is -0.624. The molecule has 0 aliphatic carbocycles. The maximum absolute atomic E-state index is 11.6. The van der Waals surface area contributed by atoms with Gasteiger partial charge in [-0.1, -0.05) is 28.1 Å². The van der Waals surface area contributed by atoms with Gasteiger partial charge < -0.3 is 0 Å². The quantitative estimate of drug-likeness (QED) is 0.479.